The van der Waals surface area contributed by atoms with E-state index in [1.807, 2.05) is 0 Å². The summed E-state index contributed by atoms with van der Waals surface area (Å²) in [7, 11) is 0. The average Bonchev–Trinajstić information content (AvgIpc) is 2.88. The van der Waals surface area contributed by atoms with Crippen molar-refractivity contribution >= 4 is 22.8 Å². The van der Waals surface area contributed by atoms with Crippen molar-refractivity contribution < 1.29 is 9.90 Å². The second-order valence-corrected chi connectivity index (χ2v) is 4.41. The van der Waals surface area contributed by atoms with E-state index < -0.39 is 0 Å². The van der Waals surface area contributed by atoms with E-state index in [-0.39, 0.29) is 11.5 Å². The second-order valence-electron chi connectivity index (χ2n) is 4.41. The standard InChI is InChI=1S/C16H12N2O2/c19-13-2-3-15-14(9-13)12(10-18-15)1-4-16(20)11-5-7-17-8-6-11/h1-10,18-19H/b4-1+. The van der Waals surface area contributed by atoms with Crippen molar-refractivity contribution in [1.82, 2.24) is 9.97 Å². The van der Waals surface area contributed by atoms with Gasteiger partial charge >= 0.3 is 0 Å². The van der Waals surface area contributed by atoms with Gasteiger partial charge in [0.2, 0.25) is 0 Å². The largest absolute Gasteiger partial charge is 0.508 e. The number of carbonyl (C=O) groups is 1. The van der Waals surface area contributed by atoms with Crippen LogP contribution in [0.2, 0.25) is 0 Å². The van der Waals surface area contributed by atoms with Crippen molar-refractivity contribution in [1.29, 1.82) is 0 Å². The van der Waals surface area contributed by atoms with E-state index in [2.05, 4.69) is 9.97 Å². The predicted molar refractivity (Wildman–Crippen MR) is 77.6 cm³/mol. The molecule has 0 aliphatic rings. The molecule has 3 aromatic rings. The summed E-state index contributed by atoms with van der Waals surface area (Å²) in [6.45, 7) is 0. The number of hydrogen-bond donors (Lipinski definition) is 2. The quantitative estimate of drug-likeness (QED) is 0.564. The molecule has 0 amide bonds. The molecule has 2 N–H and O–H groups in total. The molecule has 3 rings (SSSR count). The van der Waals surface area contributed by atoms with Gasteiger partial charge in [0.05, 0.1) is 0 Å². The first-order chi connectivity index (χ1) is 9.74. The highest BCUT2D eigenvalue weighted by Crippen LogP contribution is 2.23. The van der Waals surface area contributed by atoms with Gasteiger partial charge in [-0.2, -0.15) is 0 Å². The zero-order valence-corrected chi connectivity index (χ0v) is 10.6. The number of nitrogens with one attached hydrogen (secondary N) is 1. The molecule has 0 aliphatic heterocycles. The molecule has 0 aliphatic carbocycles. The lowest BCUT2D eigenvalue weighted by Gasteiger charge is -1.95. The number of ketones is 1. The van der Waals surface area contributed by atoms with Crippen LogP contribution in [-0.2, 0) is 0 Å². The number of aromatic hydroxyl groups is 1. The number of phenolic OH excluding ortho intramolecular Hbond substituents is 1. The summed E-state index contributed by atoms with van der Waals surface area (Å²) >= 11 is 0. The number of nitrogens with zero attached hydrogens (tertiary/aromatic N) is 1. The van der Waals surface area contributed by atoms with Crippen LogP contribution in [0.15, 0.2) is 55.0 Å². The lowest BCUT2D eigenvalue weighted by atomic mass is 10.1. The van der Waals surface area contributed by atoms with E-state index in [0.29, 0.717) is 5.56 Å². The van der Waals surface area contributed by atoms with Crippen molar-refractivity contribution in [2.45, 2.75) is 0 Å². The molecule has 0 spiro atoms. The molecule has 20 heavy (non-hydrogen) atoms. The van der Waals surface area contributed by atoms with Crippen LogP contribution in [0.4, 0.5) is 0 Å². The van der Waals surface area contributed by atoms with Gasteiger partial charge in [0.15, 0.2) is 5.78 Å². The number of rotatable bonds is 3. The normalized spacial score (nSPS) is 11.2. The molecule has 0 unspecified atom stereocenters. The van der Waals surface area contributed by atoms with Crippen LogP contribution in [-0.4, -0.2) is 20.9 Å². The van der Waals surface area contributed by atoms with Crippen LogP contribution < -0.4 is 0 Å². The zero-order valence-electron chi connectivity index (χ0n) is 10.6. The second kappa shape index (κ2) is 5.01. The molecule has 98 valence electrons. The zero-order chi connectivity index (χ0) is 13.9. The molecular weight excluding hydrogens is 252 g/mol. The molecule has 0 fully saturated rings. The average molecular weight is 264 g/mol. The predicted octanol–water partition coefficient (Wildman–Crippen LogP) is 3.16. The van der Waals surface area contributed by atoms with Gasteiger partial charge in [0, 0.05) is 40.6 Å². The van der Waals surface area contributed by atoms with Gasteiger partial charge in [-0.15, -0.1) is 0 Å². The molecular formula is C16H12N2O2. The highest BCUT2D eigenvalue weighted by Gasteiger charge is 2.04. The number of carbonyl (C=O) groups excluding carboxylic acids is 1. The van der Waals surface area contributed by atoms with E-state index in [1.165, 1.54) is 6.08 Å². The number of hydrogen-bond acceptors (Lipinski definition) is 3. The van der Waals surface area contributed by atoms with Crippen molar-refractivity contribution in [2.24, 2.45) is 0 Å². The van der Waals surface area contributed by atoms with Gasteiger partial charge in [-0.25, -0.2) is 0 Å². The van der Waals surface area contributed by atoms with Gasteiger partial charge in [-0.3, -0.25) is 9.78 Å². The third-order valence-electron chi connectivity index (χ3n) is 3.08. The third-order valence-corrected chi connectivity index (χ3v) is 3.08. The molecule has 2 aromatic heterocycles. The van der Waals surface area contributed by atoms with Gasteiger partial charge in [-0.1, -0.05) is 0 Å². The maximum Gasteiger partial charge on any atom is 0.185 e. The first-order valence-corrected chi connectivity index (χ1v) is 6.16. The Kier molecular flexibility index (Phi) is 3.05. The summed E-state index contributed by atoms with van der Waals surface area (Å²) in [6.07, 6.45) is 8.24. The molecule has 0 radical (unpaired) electrons. The van der Waals surface area contributed by atoms with Crippen LogP contribution in [0, 0.1) is 0 Å². The minimum Gasteiger partial charge on any atom is -0.508 e. The minimum absolute atomic E-state index is 0.0816. The van der Waals surface area contributed by atoms with Gasteiger partial charge in [0.25, 0.3) is 0 Å². The van der Waals surface area contributed by atoms with Gasteiger partial charge in [-0.05, 0) is 42.5 Å². The maximum atomic E-state index is 12.0. The Hall–Kier alpha value is -2.88. The van der Waals surface area contributed by atoms with Gasteiger partial charge < -0.3 is 10.1 Å². The number of aromatic amines is 1. The molecule has 4 heteroatoms. The first-order valence-electron chi connectivity index (χ1n) is 6.16. The number of allylic oxidation sites excluding steroid dienone is 1. The maximum absolute atomic E-state index is 12.0. The molecule has 0 atom stereocenters. The summed E-state index contributed by atoms with van der Waals surface area (Å²) in [6, 6.07) is 8.44. The van der Waals surface area contributed by atoms with Crippen molar-refractivity contribution in [2.75, 3.05) is 0 Å². The molecule has 4 nitrogen and oxygen atoms in total. The number of phenols is 1. The highest BCUT2D eigenvalue weighted by molar-refractivity contribution is 6.07. The lowest BCUT2D eigenvalue weighted by molar-refractivity contribution is 0.104. The van der Waals surface area contributed by atoms with Gasteiger partial charge in [0.1, 0.15) is 5.75 Å². The smallest absolute Gasteiger partial charge is 0.185 e. The first kappa shape index (κ1) is 12.2. The third kappa shape index (κ3) is 2.31. The van der Waals surface area contributed by atoms with Crippen LogP contribution in [0.3, 0.4) is 0 Å². The van der Waals surface area contributed by atoms with Crippen molar-refractivity contribution in [3.63, 3.8) is 0 Å². The van der Waals surface area contributed by atoms with E-state index in [9.17, 15) is 9.90 Å². The van der Waals surface area contributed by atoms with Crippen LogP contribution in [0.25, 0.3) is 17.0 Å². The lowest BCUT2D eigenvalue weighted by Crippen LogP contribution is -1.93. The van der Waals surface area contributed by atoms with E-state index in [4.69, 9.17) is 0 Å². The Morgan fingerprint density at radius 1 is 1.20 bits per heavy atom. The number of pyridine rings is 1. The van der Waals surface area contributed by atoms with Crippen molar-refractivity contribution in [3.8, 4) is 5.75 Å². The fraction of sp³-hybridized carbons (Fsp3) is 0. The highest BCUT2D eigenvalue weighted by atomic mass is 16.3. The SMILES string of the molecule is O=C(/C=C/c1c[nH]c2ccc(O)cc12)c1ccncc1. The molecule has 2 heterocycles. The Bertz CT molecular complexity index is 789. The number of fused-ring (bicyclic) bond motifs is 1. The van der Waals surface area contributed by atoms with E-state index >= 15 is 0 Å². The molecule has 1 aromatic carbocycles. The summed E-state index contributed by atoms with van der Waals surface area (Å²) in [5.74, 6) is 0.120. The Morgan fingerprint density at radius 2 is 2.00 bits per heavy atom. The van der Waals surface area contributed by atoms with Crippen molar-refractivity contribution in [3.05, 3.63) is 66.1 Å². The number of aromatic nitrogens is 2. The summed E-state index contributed by atoms with van der Waals surface area (Å²) in [5, 5.41) is 10.4. The number of benzene rings is 1. The monoisotopic (exact) mass is 264 g/mol. The van der Waals surface area contributed by atoms with E-state index in [1.54, 1.807) is 55.0 Å². The Labute approximate surface area is 115 Å². The Balaban J connectivity index is 1.91. The fourth-order valence-electron chi connectivity index (χ4n) is 2.05. The molecule has 0 saturated heterocycles. The Morgan fingerprint density at radius 3 is 2.80 bits per heavy atom. The van der Waals surface area contributed by atoms with E-state index in [0.717, 1.165) is 16.5 Å². The molecule has 0 saturated carbocycles. The minimum atomic E-state index is -0.0816. The van der Waals surface area contributed by atoms with Crippen LogP contribution in [0.5, 0.6) is 5.75 Å². The topological polar surface area (TPSA) is 66.0 Å². The summed E-state index contributed by atoms with van der Waals surface area (Å²) in [4.78, 5) is 18.9. The summed E-state index contributed by atoms with van der Waals surface area (Å²) < 4.78 is 0. The number of H-pyrrole nitrogens is 1. The van der Waals surface area contributed by atoms with Crippen LogP contribution >= 0.6 is 0 Å². The fourth-order valence-corrected chi connectivity index (χ4v) is 2.05. The molecule has 0 bridgehead atoms. The van der Waals surface area contributed by atoms with Crippen LogP contribution in [0.1, 0.15) is 15.9 Å². The summed E-state index contributed by atoms with van der Waals surface area (Å²) in [5.41, 5.74) is 2.37.